The fourth-order valence-electron chi connectivity index (χ4n) is 3.16. The van der Waals surface area contributed by atoms with E-state index in [-0.39, 0.29) is 11.7 Å². The Balaban J connectivity index is 1.46. The summed E-state index contributed by atoms with van der Waals surface area (Å²) in [6.07, 6.45) is 0.332. The van der Waals surface area contributed by atoms with Crippen molar-refractivity contribution in [1.29, 1.82) is 0 Å². The summed E-state index contributed by atoms with van der Waals surface area (Å²) < 4.78 is 5.16. The molecule has 0 saturated heterocycles. The van der Waals surface area contributed by atoms with Crippen LogP contribution < -0.4 is 10.1 Å². The Morgan fingerprint density at radius 1 is 0.939 bits per heavy atom. The number of ketones is 1. The Hall–Kier alpha value is -3.42. The minimum atomic E-state index is -0.136. The third-order valence-corrected chi connectivity index (χ3v) is 6.80. The number of carbonyl (C=O) groups is 2. The van der Waals surface area contributed by atoms with E-state index in [1.807, 2.05) is 72.8 Å². The number of anilines is 1. The number of hydrogen-bond acceptors (Lipinski definition) is 6. The summed E-state index contributed by atoms with van der Waals surface area (Å²) in [5.74, 6) is 1.19. The molecule has 0 aliphatic heterocycles. The van der Waals surface area contributed by atoms with E-state index in [1.165, 1.54) is 11.3 Å². The summed E-state index contributed by atoms with van der Waals surface area (Å²) in [7, 11) is 1.63. The Morgan fingerprint density at radius 3 is 2.27 bits per heavy atom. The molecule has 0 spiro atoms. The molecule has 1 N–H and O–H groups in total. The molecule has 3 aromatic carbocycles. The maximum Gasteiger partial charge on any atom is 0.226 e. The highest BCUT2D eigenvalue weighted by molar-refractivity contribution is 7.99. The minimum Gasteiger partial charge on any atom is -0.497 e. The fourth-order valence-corrected chi connectivity index (χ4v) is 4.97. The third kappa shape index (κ3) is 5.88. The highest BCUT2D eigenvalue weighted by atomic mass is 32.2. The molecule has 0 aliphatic rings. The third-order valence-electron chi connectivity index (χ3n) is 4.82. The number of amides is 1. The van der Waals surface area contributed by atoms with Crippen LogP contribution in [0.1, 0.15) is 21.7 Å². The van der Waals surface area contributed by atoms with Gasteiger partial charge in [-0.05, 0) is 24.3 Å². The molecule has 33 heavy (non-hydrogen) atoms. The van der Waals surface area contributed by atoms with Crippen LogP contribution in [0.5, 0.6) is 5.75 Å². The summed E-state index contributed by atoms with van der Waals surface area (Å²) in [4.78, 5) is 31.9. The van der Waals surface area contributed by atoms with Crippen LogP contribution in [0.2, 0.25) is 0 Å². The van der Waals surface area contributed by atoms with Crippen LogP contribution in [-0.2, 0) is 4.79 Å². The number of carbonyl (C=O) groups excluding carboxylic acids is 2. The number of nitrogens with zero attached hydrogens (tertiary/aromatic N) is 1. The van der Waals surface area contributed by atoms with Crippen molar-refractivity contribution in [2.75, 3.05) is 18.2 Å². The van der Waals surface area contributed by atoms with Crippen LogP contribution in [0.15, 0.2) is 89.8 Å². The van der Waals surface area contributed by atoms with Gasteiger partial charge in [0.2, 0.25) is 11.7 Å². The van der Waals surface area contributed by atoms with Gasteiger partial charge in [0, 0.05) is 28.2 Å². The van der Waals surface area contributed by atoms with E-state index in [0.29, 0.717) is 33.4 Å². The Kier molecular flexibility index (Phi) is 7.55. The van der Waals surface area contributed by atoms with Crippen LogP contribution in [0.25, 0.3) is 11.3 Å². The second-order valence-corrected chi connectivity index (χ2v) is 9.25. The van der Waals surface area contributed by atoms with Crippen LogP contribution >= 0.6 is 23.1 Å². The van der Waals surface area contributed by atoms with Crippen molar-refractivity contribution in [3.8, 4) is 17.0 Å². The van der Waals surface area contributed by atoms with Crippen LogP contribution in [0, 0.1) is 0 Å². The van der Waals surface area contributed by atoms with Crippen LogP contribution in [0.4, 0.5) is 5.13 Å². The average Bonchev–Trinajstić information content (AvgIpc) is 3.28. The van der Waals surface area contributed by atoms with Gasteiger partial charge in [0.15, 0.2) is 5.13 Å². The maximum atomic E-state index is 13.2. The zero-order chi connectivity index (χ0) is 23.0. The number of methoxy groups -OCH3 is 1. The maximum absolute atomic E-state index is 13.2. The molecule has 4 aromatic rings. The number of ether oxygens (including phenoxy) is 1. The van der Waals surface area contributed by atoms with Crippen molar-refractivity contribution in [1.82, 2.24) is 4.98 Å². The summed E-state index contributed by atoms with van der Waals surface area (Å²) in [6, 6.07) is 26.4. The Bertz CT molecular complexity index is 1220. The first kappa shape index (κ1) is 22.8. The van der Waals surface area contributed by atoms with Crippen LogP contribution in [-0.4, -0.2) is 29.5 Å². The zero-order valence-electron chi connectivity index (χ0n) is 18.0. The van der Waals surface area contributed by atoms with Crippen molar-refractivity contribution in [3.63, 3.8) is 0 Å². The minimum absolute atomic E-state index is 0.109. The predicted octanol–water partition coefficient (Wildman–Crippen LogP) is 6.17. The molecule has 0 aliphatic carbocycles. The molecule has 1 amide bonds. The van der Waals surface area contributed by atoms with Gasteiger partial charge in [-0.25, -0.2) is 4.98 Å². The van der Waals surface area contributed by atoms with Gasteiger partial charge in [0.05, 0.1) is 12.8 Å². The lowest BCUT2D eigenvalue weighted by atomic mass is 10.1. The van der Waals surface area contributed by atoms with E-state index >= 15 is 0 Å². The predicted molar refractivity (Wildman–Crippen MR) is 134 cm³/mol. The van der Waals surface area contributed by atoms with Gasteiger partial charge in [0.25, 0.3) is 0 Å². The molecule has 0 saturated carbocycles. The quantitative estimate of drug-likeness (QED) is 0.232. The molecule has 1 aromatic heterocycles. The first-order valence-corrected chi connectivity index (χ1v) is 12.2. The fraction of sp³-hybridized carbons (Fsp3) is 0.115. The van der Waals surface area contributed by atoms with E-state index in [2.05, 4.69) is 10.3 Å². The van der Waals surface area contributed by atoms with E-state index in [9.17, 15) is 9.59 Å². The molecule has 5 nitrogen and oxygen atoms in total. The number of hydrogen-bond donors (Lipinski definition) is 1. The lowest BCUT2D eigenvalue weighted by Crippen LogP contribution is -2.11. The molecule has 0 fully saturated rings. The van der Waals surface area contributed by atoms with Crippen LogP contribution in [0.3, 0.4) is 0 Å². The number of thiazole rings is 1. The van der Waals surface area contributed by atoms with Gasteiger partial charge >= 0.3 is 0 Å². The topological polar surface area (TPSA) is 68.3 Å². The molecule has 0 unspecified atom stereocenters. The largest absolute Gasteiger partial charge is 0.497 e. The summed E-state index contributed by atoms with van der Waals surface area (Å²) in [6.45, 7) is 0. The normalized spacial score (nSPS) is 10.6. The van der Waals surface area contributed by atoms with Crippen molar-refractivity contribution >= 4 is 39.9 Å². The van der Waals surface area contributed by atoms with Gasteiger partial charge in [-0.1, -0.05) is 72.0 Å². The monoisotopic (exact) mass is 474 g/mol. The molecule has 166 valence electrons. The van der Waals surface area contributed by atoms with Crippen molar-refractivity contribution in [3.05, 3.63) is 95.4 Å². The van der Waals surface area contributed by atoms with Gasteiger partial charge < -0.3 is 10.1 Å². The number of nitrogens with one attached hydrogen (secondary N) is 1. The SMILES string of the molecule is COc1ccc(SCCC(=O)Nc2nc(-c3ccccc3)c(C(=O)c3ccccc3)s2)cc1. The summed E-state index contributed by atoms with van der Waals surface area (Å²) in [5.41, 5.74) is 2.01. The molecule has 7 heteroatoms. The average molecular weight is 475 g/mol. The second kappa shape index (κ2) is 10.9. The van der Waals surface area contributed by atoms with Crippen molar-refractivity contribution in [2.45, 2.75) is 11.3 Å². The van der Waals surface area contributed by atoms with Gasteiger partial charge in [0.1, 0.15) is 10.6 Å². The summed E-state index contributed by atoms with van der Waals surface area (Å²) >= 11 is 2.80. The zero-order valence-corrected chi connectivity index (χ0v) is 19.6. The smallest absolute Gasteiger partial charge is 0.226 e. The standard InChI is InChI=1S/C26H22N2O3S2/c1-31-20-12-14-21(15-13-20)32-17-16-22(29)27-26-28-23(18-8-4-2-5-9-18)25(33-26)24(30)19-10-6-3-7-11-19/h2-15H,16-17H2,1H3,(H,27,28,29). The molecule has 1 heterocycles. The van der Waals surface area contributed by atoms with Crippen molar-refractivity contribution < 1.29 is 14.3 Å². The Morgan fingerprint density at radius 2 is 1.61 bits per heavy atom. The summed E-state index contributed by atoms with van der Waals surface area (Å²) in [5, 5.41) is 3.29. The highest BCUT2D eigenvalue weighted by Gasteiger charge is 2.21. The Labute approximate surface area is 200 Å². The lowest BCUT2D eigenvalue weighted by Gasteiger charge is -2.04. The number of rotatable bonds is 9. The number of benzene rings is 3. The molecule has 0 bridgehead atoms. The highest BCUT2D eigenvalue weighted by Crippen LogP contribution is 2.33. The molecule has 0 radical (unpaired) electrons. The van der Waals surface area contributed by atoms with E-state index < -0.39 is 0 Å². The first-order chi connectivity index (χ1) is 16.1. The number of thioether (sulfide) groups is 1. The van der Waals surface area contributed by atoms with Crippen molar-refractivity contribution in [2.24, 2.45) is 0 Å². The van der Waals surface area contributed by atoms with Gasteiger partial charge in [-0.2, -0.15) is 0 Å². The number of aromatic nitrogens is 1. The van der Waals surface area contributed by atoms with E-state index in [0.717, 1.165) is 16.2 Å². The van der Waals surface area contributed by atoms with E-state index in [1.54, 1.807) is 31.0 Å². The molecular weight excluding hydrogens is 452 g/mol. The van der Waals surface area contributed by atoms with Gasteiger partial charge in [-0.3, -0.25) is 9.59 Å². The lowest BCUT2D eigenvalue weighted by molar-refractivity contribution is -0.115. The second-order valence-electron chi connectivity index (χ2n) is 7.08. The molecule has 0 atom stereocenters. The molecule has 4 rings (SSSR count). The molecular formula is C26H22N2O3S2. The van der Waals surface area contributed by atoms with Gasteiger partial charge in [-0.15, -0.1) is 11.8 Å². The van der Waals surface area contributed by atoms with E-state index in [4.69, 9.17) is 4.74 Å². The first-order valence-electron chi connectivity index (χ1n) is 10.4.